The van der Waals surface area contributed by atoms with Crippen molar-refractivity contribution < 1.29 is 0 Å². The lowest BCUT2D eigenvalue weighted by atomic mass is 10.1. The maximum Gasteiger partial charge on any atom is 0.158 e. The zero-order valence-corrected chi connectivity index (χ0v) is 19.4. The Balaban J connectivity index is 1.43. The molecule has 0 saturated carbocycles. The van der Waals surface area contributed by atoms with Crippen LogP contribution in [-0.4, -0.2) is 29.3 Å². The first-order chi connectivity index (χ1) is 16.8. The maximum atomic E-state index is 8.88. The molecule has 168 valence electrons. The van der Waals surface area contributed by atoms with Crippen LogP contribution in [0.1, 0.15) is 28.8 Å². The van der Waals surface area contributed by atoms with Crippen molar-refractivity contribution in [2.45, 2.75) is 19.3 Å². The number of nitriles is 2. The Hall–Kier alpha value is -4.27. The fourth-order valence-electron chi connectivity index (χ4n) is 3.56. The number of fused-ring (bicyclic) bond motifs is 1. The van der Waals surface area contributed by atoms with E-state index in [1.54, 1.807) is 23.9 Å². The number of aromatic nitrogens is 2. The highest BCUT2D eigenvalue weighted by Crippen LogP contribution is 2.29. The van der Waals surface area contributed by atoms with Gasteiger partial charge in [0.2, 0.25) is 0 Å². The first-order valence-electron chi connectivity index (χ1n) is 10.9. The lowest BCUT2D eigenvalue weighted by molar-refractivity contribution is 0.796. The summed E-state index contributed by atoms with van der Waals surface area (Å²) in [6, 6.07) is 24.7. The Morgan fingerprint density at radius 2 is 1.71 bits per heavy atom. The Morgan fingerprint density at radius 3 is 2.41 bits per heavy atom. The topological polar surface area (TPSA) is 101 Å². The normalized spacial score (nSPS) is 10.8. The minimum Gasteiger partial charge on any atom is -0.369 e. The molecule has 0 saturated heterocycles. The summed E-state index contributed by atoms with van der Waals surface area (Å²) in [5.41, 5.74) is 6.22. The first-order valence-corrected chi connectivity index (χ1v) is 11.7. The highest BCUT2D eigenvalue weighted by molar-refractivity contribution is 7.18. The van der Waals surface area contributed by atoms with Gasteiger partial charge in [-0.15, -0.1) is 11.3 Å². The predicted octanol–water partition coefficient (Wildman–Crippen LogP) is 5.36. The van der Waals surface area contributed by atoms with Gasteiger partial charge < -0.3 is 4.90 Å². The Bertz CT molecular complexity index is 1310. The number of hydrogen-bond acceptors (Lipinski definition) is 8. The second kappa shape index (κ2) is 11.6. The third-order valence-corrected chi connectivity index (χ3v) is 6.27. The molecule has 2 aromatic carbocycles. The molecule has 4 rings (SSSR count). The minimum atomic E-state index is 0.418. The molecule has 2 aromatic heterocycles. The van der Waals surface area contributed by atoms with Crippen LogP contribution in [-0.2, 0) is 6.42 Å². The van der Waals surface area contributed by atoms with E-state index in [1.807, 2.05) is 47.4 Å². The van der Waals surface area contributed by atoms with E-state index in [0.29, 0.717) is 31.7 Å². The molecule has 7 nitrogen and oxygen atoms in total. The van der Waals surface area contributed by atoms with E-state index < -0.39 is 0 Å². The summed E-state index contributed by atoms with van der Waals surface area (Å²) in [5, 5.41) is 23.1. The molecule has 0 unspecified atom stereocenters. The number of thiophene rings is 1. The van der Waals surface area contributed by atoms with Gasteiger partial charge in [0, 0.05) is 30.1 Å². The number of rotatable bonds is 10. The summed E-state index contributed by atoms with van der Waals surface area (Å²) in [5.74, 6) is 0.674. The van der Waals surface area contributed by atoms with E-state index in [0.717, 1.165) is 27.9 Å². The highest BCUT2D eigenvalue weighted by Gasteiger charge is 2.09. The second-order valence-electron chi connectivity index (χ2n) is 7.58. The van der Waals surface area contributed by atoms with E-state index in [1.165, 1.54) is 10.4 Å². The molecular weight excluding hydrogens is 442 g/mol. The van der Waals surface area contributed by atoms with Crippen LogP contribution in [0.15, 0.2) is 72.1 Å². The van der Waals surface area contributed by atoms with Crippen LogP contribution < -0.4 is 10.3 Å². The molecule has 2 heterocycles. The van der Waals surface area contributed by atoms with Gasteiger partial charge in [-0.25, -0.2) is 9.97 Å². The first kappa shape index (κ1) is 22.9. The largest absolute Gasteiger partial charge is 0.369 e. The lowest BCUT2D eigenvalue weighted by Gasteiger charge is -2.22. The molecule has 0 aliphatic heterocycles. The van der Waals surface area contributed by atoms with Gasteiger partial charge in [-0.1, -0.05) is 42.5 Å². The van der Waals surface area contributed by atoms with Crippen LogP contribution in [0.2, 0.25) is 0 Å². The summed E-state index contributed by atoms with van der Waals surface area (Å²) < 4.78 is 0. The average Bonchev–Trinajstić information content (AvgIpc) is 3.29. The lowest BCUT2D eigenvalue weighted by Crippen LogP contribution is -2.25. The summed E-state index contributed by atoms with van der Waals surface area (Å²) in [6.07, 6.45) is 4.98. The van der Waals surface area contributed by atoms with Crippen LogP contribution in [0.5, 0.6) is 0 Å². The monoisotopic (exact) mass is 465 g/mol. The van der Waals surface area contributed by atoms with Crippen molar-refractivity contribution in [3.05, 3.63) is 83.0 Å². The van der Waals surface area contributed by atoms with Crippen LogP contribution in [0.4, 0.5) is 11.5 Å². The number of nitrogens with zero attached hydrogens (tertiary/aromatic N) is 6. The quantitative estimate of drug-likeness (QED) is 0.250. The van der Waals surface area contributed by atoms with Gasteiger partial charge in [0.25, 0.3) is 0 Å². The van der Waals surface area contributed by atoms with Crippen molar-refractivity contribution in [2.75, 3.05) is 23.4 Å². The zero-order chi connectivity index (χ0) is 23.6. The standard InChI is InChI=1S/C26H23N7S/c27-12-4-14-33(15-5-13-28)22-10-8-21(9-11-22)18-31-32-25-24-17-23(34-26(24)30-19-29-25)16-20-6-2-1-3-7-20/h1-3,6-11,17-19H,4-5,14-16H2,(H,29,30,32)/b31-18+. The number of hydrogen-bond donors (Lipinski definition) is 1. The minimum absolute atomic E-state index is 0.418. The fourth-order valence-corrected chi connectivity index (χ4v) is 4.59. The molecule has 0 aliphatic carbocycles. The molecule has 0 bridgehead atoms. The molecule has 1 N–H and O–H groups in total. The zero-order valence-electron chi connectivity index (χ0n) is 18.6. The van der Waals surface area contributed by atoms with Crippen molar-refractivity contribution in [3.8, 4) is 12.1 Å². The molecule has 0 radical (unpaired) electrons. The van der Waals surface area contributed by atoms with Gasteiger partial charge in [-0.3, -0.25) is 5.43 Å². The van der Waals surface area contributed by atoms with Crippen molar-refractivity contribution >= 4 is 39.3 Å². The molecule has 0 amide bonds. The Morgan fingerprint density at radius 1 is 0.971 bits per heavy atom. The van der Waals surface area contributed by atoms with Crippen LogP contribution in [0.25, 0.3) is 10.2 Å². The predicted molar refractivity (Wildman–Crippen MR) is 137 cm³/mol. The summed E-state index contributed by atoms with van der Waals surface area (Å²) >= 11 is 1.66. The highest BCUT2D eigenvalue weighted by atomic mass is 32.1. The SMILES string of the molecule is N#CCCN(CCC#N)c1ccc(/C=N/Nc2ncnc3sc(Cc4ccccc4)cc23)cc1. The number of anilines is 2. The number of hydrazone groups is 1. The van der Waals surface area contributed by atoms with E-state index in [9.17, 15) is 0 Å². The molecule has 8 heteroatoms. The Labute approximate surface area is 202 Å². The van der Waals surface area contributed by atoms with Gasteiger partial charge in [-0.2, -0.15) is 15.6 Å². The van der Waals surface area contributed by atoms with E-state index >= 15 is 0 Å². The second-order valence-corrected chi connectivity index (χ2v) is 8.70. The molecule has 0 spiro atoms. The van der Waals surface area contributed by atoms with E-state index in [-0.39, 0.29) is 0 Å². The van der Waals surface area contributed by atoms with Crippen LogP contribution >= 0.6 is 11.3 Å². The van der Waals surface area contributed by atoms with E-state index in [4.69, 9.17) is 10.5 Å². The molecule has 0 atom stereocenters. The maximum absolute atomic E-state index is 8.88. The average molecular weight is 466 g/mol. The smallest absolute Gasteiger partial charge is 0.158 e. The van der Waals surface area contributed by atoms with Gasteiger partial charge in [0.05, 0.1) is 36.6 Å². The van der Waals surface area contributed by atoms with Gasteiger partial charge in [-0.05, 0) is 29.3 Å². The fraction of sp³-hybridized carbons (Fsp3) is 0.192. The van der Waals surface area contributed by atoms with Gasteiger partial charge in [0.1, 0.15) is 11.2 Å². The van der Waals surface area contributed by atoms with Gasteiger partial charge in [0.15, 0.2) is 5.82 Å². The number of nitrogens with one attached hydrogen (secondary N) is 1. The molecule has 4 aromatic rings. The van der Waals surface area contributed by atoms with Crippen molar-refractivity contribution in [3.63, 3.8) is 0 Å². The third-order valence-electron chi connectivity index (χ3n) is 5.23. The van der Waals surface area contributed by atoms with Crippen molar-refractivity contribution in [1.29, 1.82) is 10.5 Å². The van der Waals surface area contributed by atoms with Crippen LogP contribution in [0.3, 0.4) is 0 Å². The molecule has 34 heavy (non-hydrogen) atoms. The van der Waals surface area contributed by atoms with Crippen molar-refractivity contribution in [1.82, 2.24) is 9.97 Å². The summed E-state index contributed by atoms with van der Waals surface area (Å²) in [7, 11) is 0. The summed E-state index contributed by atoms with van der Waals surface area (Å²) in [4.78, 5) is 13.0. The molecular formula is C26H23N7S. The molecule has 0 fully saturated rings. The molecule has 0 aliphatic rings. The Kier molecular flexibility index (Phi) is 7.78. The van der Waals surface area contributed by atoms with Crippen molar-refractivity contribution in [2.24, 2.45) is 5.10 Å². The summed E-state index contributed by atoms with van der Waals surface area (Å²) in [6.45, 7) is 1.20. The van der Waals surface area contributed by atoms with Crippen LogP contribution in [0, 0.1) is 22.7 Å². The third kappa shape index (κ3) is 5.94. The van der Waals surface area contributed by atoms with Gasteiger partial charge >= 0.3 is 0 Å². The van der Waals surface area contributed by atoms with E-state index in [2.05, 4.69) is 50.8 Å². The number of benzene rings is 2.